The number of hydrogen-bond acceptors (Lipinski definition) is 2. The zero-order chi connectivity index (χ0) is 12.9. The fraction of sp³-hybridized carbons (Fsp3) is 0.462. The van der Waals surface area contributed by atoms with Crippen LogP contribution in [0.15, 0.2) is 12.1 Å². The second-order valence-electron chi connectivity index (χ2n) is 5.27. The van der Waals surface area contributed by atoms with Gasteiger partial charge in [-0.15, -0.1) is 0 Å². The van der Waals surface area contributed by atoms with E-state index in [1.807, 2.05) is 0 Å². The van der Waals surface area contributed by atoms with Crippen molar-refractivity contribution in [2.45, 2.75) is 19.3 Å². The first-order valence-corrected chi connectivity index (χ1v) is 6.10. The van der Waals surface area contributed by atoms with Crippen LogP contribution >= 0.6 is 0 Å². The summed E-state index contributed by atoms with van der Waals surface area (Å²) in [5.41, 5.74) is 5.15. The van der Waals surface area contributed by atoms with Gasteiger partial charge in [0.25, 0.3) is 0 Å². The summed E-state index contributed by atoms with van der Waals surface area (Å²) < 4.78 is 26.4. The van der Waals surface area contributed by atoms with Crippen molar-refractivity contribution in [2.75, 3.05) is 11.1 Å². The number of fused-ring (bicyclic) bond motifs is 1. The van der Waals surface area contributed by atoms with E-state index in [-0.39, 0.29) is 23.2 Å². The van der Waals surface area contributed by atoms with Crippen molar-refractivity contribution in [1.29, 1.82) is 0 Å². The molecule has 1 aromatic carbocycles. The summed E-state index contributed by atoms with van der Waals surface area (Å²) in [4.78, 5) is 11.9. The smallest absolute Gasteiger partial charge is 0.227 e. The second kappa shape index (κ2) is 3.93. The fourth-order valence-corrected chi connectivity index (χ4v) is 2.83. The Morgan fingerprint density at radius 2 is 1.83 bits per heavy atom. The third-order valence-corrected chi connectivity index (χ3v) is 3.96. The monoisotopic (exact) mass is 252 g/mol. The summed E-state index contributed by atoms with van der Waals surface area (Å²) in [6.45, 7) is 0. The number of nitrogens with one attached hydrogen (secondary N) is 1. The molecule has 0 radical (unpaired) electrons. The summed E-state index contributed by atoms with van der Waals surface area (Å²) in [6, 6.07) is 1.81. The molecule has 0 aliphatic heterocycles. The third kappa shape index (κ3) is 1.94. The molecule has 2 atom stereocenters. The highest BCUT2D eigenvalue weighted by Gasteiger charge is 2.48. The number of benzene rings is 1. The Kier molecular flexibility index (Phi) is 2.50. The van der Waals surface area contributed by atoms with Gasteiger partial charge in [0, 0.05) is 12.0 Å². The number of hydrogen-bond donors (Lipinski definition) is 2. The van der Waals surface area contributed by atoms with Gasteiger partial charge in [-0.2, -0.15) is 0 Å². The highest BCUT2D eigenvalue weighted by atomic mass is 19.1. The Balaban J connectivity index is 1.72. The molecule has 3 rings (SSSR count). The molecular weight excluding hydrogens is 238 g/mol. The molecule has 0 heterocycles. The van der Waals surface area contributed by atoms with Crippen LogP contribution in [0, 0.1) is 29.4 Å². The molecule has 3 nitrogen and oxygen atoms in total. The first kappa shape index (κ1) is 11.4. The Morgan fingerprint density at radius 3 is 2.50 bits per heavy atom. The normalized spacial score (nSPS) is 28.9. The number of nitrogen functional groups attached to an aromatic ring is 1. The molecule has 2 unspecified atom stereocenters. The first-order chi connectivity index (χ1) is 8.54. The molecule has 0 aromatic heterocycles. The zero-order valence-electron chi connectivity index (χ0n) is 9.75. The Labute approximate surface area is 103 Å². The van der Waals surface area contributed by atoms with E-state index in [4.69, 9.17) is 5.73 Å². The van der Waals surface area contributed by atoms with E-state index in [2.05, 4.69) is 5.32 Å². The van der Waals surface area contributed by atoms with E-state index in [9.17, 15) is 13.6 Å². The van der Waals surface area contributed by atoms with E-state index >= 15 is 0 Å². The minimum absolute atomic E-state index is 0.0422. The molecular formula is C13H14F2N2O. The van der Waals surface area contributed by atoms with Gasteiger partial charge in [-0.3, -0.25) is 4.79 Å². The van der Waals surface area contributed by atoms with E-state index in [1.54, 1.807) is 0 Å². The molecule has 2 fully saturated rings. The SMILES string of the molecule is Nc1cc(NC(=O)C2CC3CC3C2)c(F)cc1F. The van der Waals surface area contributed by atoms with Gasteiger partial charge < -0.3 is 11.1 Å². The lowest BCUT2D eigenvalue weighted by Gasteiger charge is -2.13. The van der Waals surface area contributed by atoms with Crippen LogP contribution in [0.1, 0.15) is 19.3 Å². The van der Waals surface area contributed by atoms with Crippen LogP contribution in [-0.4, -0.2) is 5.91 Å². The van der Waals surface area contributed by atoms with Crippen molar-refractivity contribution in [3.8, 4) is 0 Å². The molecule has 0 spiro atoms. The molecule has 2 saturated carbocycles. The molecule has 3 N–H and O–H groups in total. The van der Waals surface area contributed by atoms with Crippen LogP contribution in [0.25, 0.3) is 0 Å². The Bertz CT molecular complexity index is 508. The van der Waals surface area contributed by atoms with Crippen molar-refractivity contribution in [1.82, 2.24) is 0 Å². The van der Waals surface area contributed by atoms with E-state index < -0.39 is 11.6 Å². The molecule has 5 heteroatoms. The van der Waals surface area contributed by atoms with Gasteiger partial charge in [0.1, 0.15) is 11.6 Å². The minimum atomic E-state index is -0.812. The highest BCUT2D eigenvalue weighted by molar-refractivity contribution is 5.93. The van der Waals surface area contributed by atoms with Gasteiger partial charge in [0.05, 0.1) is 11.4 Å². The standard InChI is InChI=1S/C13H14F2N2O/c14-9-4-10(15)12(5-11(9)16)17-13(18)8-2-6-1-7(6)3-8/h4-8H,1-3,16H2,(H,17,18). The summed E-state index contributed by atoms with van der Waals surface area (Å²) in [5, 5.41) is 2.50. The van der Waals surface area contributed by atoms with E-state index in [1.165, 1.54) is 6.42 Å². The van der Waals surface area contributed by atoms with Gasteiger partial charge in [-0.05, 0) is 37.2 Å². The average molecular weight is 252 g/mol. The van der Waals surface area contributed by atoms with Gasteiger partial charge >= 0.3 is 0 Å². The van der Waals surface area contributed by atoms with Crippen molar-refractivity contribution < 1.29 is 13.6 Å². The van der Waals surface area contributed by atoms with Crippen LogP contribution in [0.2, 0.25) is 0 Å². The topological polar surface area (TPSA) is 55.1 Å². The Hall–Kier alpha value is -1.65. The third-order valence-electron chi connectivity index (χ3n) is 3.96. The molecule has 96 valence electrons. The molecule has 18 heavy (non-hydrogen) atoms. The van der Waals surface area contributed by atoms with Gasteiger partial charge in [0.15, 0.2) is 0 Å². The van der Waals surface area contributed by atoms with Crippen LogP contribution < -0.4 is 11.1 Å². The van der Waals surface area contributed by atoms with Crippen LogP contribution in [-0.2, 0) is 4.79 Å². The van der Waals surface area contributed by atoms with Crippen molar-refractivity contribution >= 4 is 17.3 Å². The van der Waals surface area contributed by atoms with Gasteiger partial charge in [-0.25, -0.2) is 8.78 Å². The van der Waals surface area contributed by atoms with Crippen molar-refractivity contribution in [3.05, 3.63) is 23.8 Å². The highest BCUT2D eigenvalue weighted by Crippen LogP contribution is 2.54. The second-order valence-corrected chi connectivity index (χ2v) is 5.27. The Morgan fingerprint density at radius 1 is 1.17 bits per heavy atom. The van der Waals surface area contributed by atoms with Crippen LogP contribution in [0.4, 0.5) is 20.2 Å². The summed E-state index contributed by atoms with van der Waals surface area (Å²) in [6.07, 6.45) is 2.99. The lowest BCUT2D eigenvalue weighted by molar-refractivity contribution is -0.120. The van der Waals surface area contributed by atoms with Crippen LogP contribution in [0.5, 0.6) is 0 Å². The summed E-state index contributed by atoms with van der Waals surface area (Å²) in [7, 11) is 0. The maximum atomic E-state index is 13.5. The van der Waals surface area contributed by atoms with E-state index in [0.29, 0.717) is 17.9 Å². The molecule has 0 saturated heterocycles. The number of carbonyl (C=O) groups is 1. The number of nitrogens with two attached hydrogens (primary N) is 1. The lowest BCUT2D eigenvalue weighted by Crippen LogP contribution is -2.22. The zero-order valence-corrected chi connectivity index (χ0v) is 9.75. The first-order valence-electron chi connectivity index (χ1n) is 6.10. The molecule has 2 aliphatic carbocycles. The van der Waals surface area contributed by atoms with Gasteiger partial charge in [0.2, 0.25) is 5.91 Å². The maximum absolute atomic E-state index is 13.5. The lowest BCUT2D eigenvalue weighted by atomic mass is 10.0. The molecule has 1 aromatic rings. The molecule has 1 amide bonds. The number of carbonyl (C=O) groups excluding carboxylic acids is 1. The summed E-state index contributed by atoms with van der Waals surface area (Å²) in [5.74, 6) is -0.467. The molecule has 2 aliphatic rings. The maximum Gasteiger partial charge on any atom is 0.227 e. The summed E-state index contributed by atoms with van der Waals surface area (Å²) >= 11 is 0. The number of amides is 1. The number of rotatable bonds is 2. The average Bonchev–Trinajstić information content (AvgIpc) is 2.93. The molecule has 0 bridgehead atoms. The predicted molar refractivity (Wildman–Crippen MR) is 63.7 cm³/mol. The number of anilines is 2. The quantitative estimate of drug-likeness (QED) is 0.795. The fourth-order valence-electron chi connectivity index (χ4n) is 2.83. The van der Waals surface area contributed by atoms with Crippen molar-refractivity contribution in [3.63, 3.8) is 0 Å². The predicted octanol–water partition coefficient (Wildman–Crippen LogP) is 2.53. The largest absolute Gasteiger partial charge is 0.396 e. The minimum Gasteiger partial charge on any atom is -0.396 e. The number of halogens is 2. The van der Waals surface area contributed by atoms with Crippen LogP contribution in [0.3, 0.4) is 0 Å². The van der Waals surface area contributed by atoms with Gasteiger partial charge in [-0.1, -0.05) is 0 Å². The van der Waals surface area contributed by atoms with E-state index in [0.717, 1.165) is 18.9 Å². The van der Waals surface area contributed by atoms with Crippen molar-refractivity contribution in [2.24, 2.45) is 17.8 Å².